The van der Waals surface area contributed by atoms with E-state index in [4.69, 9.17) is 4.74 Å². The van der Waals surface area contributed by atoms with E-state index in [2.05, 4.69) is 9.97 Å². The van der Waals surface area contributed by atoms with Crippen LogP contribution in [0.5, 0.6) is 11.6 Å². The number of aromatic nitrogens is 2. The number of hydrogen-bond donors (Lipinski definition) is 0. The number of rotatable bonds is 3. The van der Waals surface area contributed by atoms with Gasteiger partial charge in [0, 0.05) is 10.9 Å². The molecule has 0 aliphatic carbocycles. The van der Waals surface area contributed by atoms with Gasteiger partial charge in [0.05, 0.1) is 5.39 Å². The Hall–Kier alpha value is -2.93. The summed E-state index contributed by atoms with van der Waals surface area (Å²) in [5.41, 5.74) is 1.23. The maximum atomic E-state index is 13.9. The molecule has 0 unspecified atom stereocenters. The van der Waals surface area contributed by atoms with Crippen molar-refractivity contribution in [2.45, 2.75) is 0 Å². The number of para-hydroxylation sites is 1. The Morgan fingerprint density at radius 2 is 1.68 bits per heavy atom. The van der Waals surface area contributed by atoms with E-state index >= 15 is 0 Å². The molecule has 2 aromatic heterocycles. The quantitative estimate of drug-likeness (QED) is 0.480. The highest BCUT2D eigenvalue weighted by atomic mass is 32.1. The van der Waals surface area contributed by atoms with E-state index in [9.17, 15) is 13.2 Å². The monoisotopic (exact) mass is 358 g/mol. The topological polar surface area (TPSA) is 35.0 Å². The number of nitrogens with zero attached hydrogens (tertiary/aromatic N) is 2. The number of thiophene rings is 1. The summed E-state index contributed by atoms with van der Waals surface area (Å²) in [6.07, 6.45) is 1.25. The molecule has 4 aromatic rings. The Bertz CT molecular complexity index is 1060. The van der Waals surface area contributed by atoms with E-state index in [0.717, 1.165) is 12.1 Å². The molecule has 7 heteroatoms. The molecule has 0 aliphatic rings. The Kier molecular flexibility index (Phi) is 3.85. The molecule has 0 aliphatic heterocycles. The molecule has 0 saturated heterocycles. The lowest BCUT2D eigenvalue weighted by Crippen LogP contribution is -1.95. The number of ether oxygens (including phenoxy) is 1. The van der Waals surface area contributed by atoms with Gasteiger partial charge in [0.2, 0.25) is 11.6 Å². The van der Waals surface area contributed by atoms with E-state index in [1.54, 1.807) is 17.5 Å². The second-order valence-corrected chi connectivity index (χ2v) is 6.03. The van der Waals surface area contributed by atoms with Crippen LogP contribution < -0.4 is 4.74 Å². The average Bonchev–Trinajstić information content (AvgIpc) is 3.03. The number of benzene rings is 2. The number of halogens is 3. The van der Waals surface area contributed by atoms with Crippen molar-refractivity contribution >= 4 is 21.6 Å². The van der Waals surface area contributed by atoms with Crippen molar-refractivity contribution in [2.24, 2.45) is 0 Å². The molecule has 0 fully saturated rings. The highest BCUT2D eigenvalue weighted by Crippen LogP contribution is 2.39. The zero-order valence-electron chi connectivity index (χ0n) is 12.5. The van der Waals surface area contributed by atoms with E-state index in [1.807, 2.05) is 0 Å². The van der Waals surface area contributed by atoms with Gasteiger partial charge in [-0.25, -0.2) is 23.1 Å². The van der Waals surface area contributed by atoms with Gasteiger partial charge in [0.15, 0.2) is 11.6 Å². The van der Waals surface area contributed by atoms with Crippen LogP contribution in [0.15, 0.2) is 54.2 Å². The van der Waals surface area contributed by atoms with Gasteiger partial charge in [-0.3, -0.25) is 0 Å². The molecule has 4 rings (SSSR count). The highest BCUT2D eigenvalue weighted by molar-refractivity contribution is 7.17. The van der Waals surface area contributed by atoms with Crippen LogP contribution in [0, 0.1) is 17.5 Å². The predicted molar refractivity (Wildman–Crippen MR) is 89.2 cm³/mol. The number of hydrogen-bond acceptors (Lipinski definition) is 4. The lowest BCUT2D eigenvalue weighted by atomic mass is 10.1. The maximum absolute atomic E-state index is 13.9. The molecule has 25 heavy (non-hydrogen) atoms. The van der Waals surface area contributed by atoms with Crippen LogP contribution in [-0.4, -0.2) is 9.97 Å². The van der Waals surface area contributed by atoms with Gasteiger partial charge in [-0.1, -0.05) is 18.2 Å². The lowest BCUT2D eigenvalue weighted by Gasteiger charge is -2.09. The van der Waals surface area contributed by atoms with Crippen molar-refractivity contribution in [2.75, 3.05) is 0 Å². The van der Waals surface area contributed by atoms with Crippen molar-refractivity contribution in [1.82, 2.24) is 9.97 Å². The van der Waals surface area contributed by atoms with E-state index in [1.165, 1.54) is 35.9 Å². The molecule has 0 amide bonds. The molecule has 124 valence electrons. The zero-order chi connectivity index (χ0) is 17.4. The molecule has 0 radical (unpaired) electrons. The summed E-state index contributed by atoms with van der Waals surface area (Å²) in [6, 6.07) is 9.44. The van der Waals surface area contributed by atoms with Gasteiger partial charge in [-0.15, -0.1) is 11.3 Å². The van der Waals surface area contributed by atoms with Crippen LogP contribution >= 0.6 is 11.3 Å². The van der Waals surface area contributed by atoms with Crippen molar-refractivity contribution in [3.8, 4) is 22.8 Å². The molecule has 0 bridgehead atoms. The van der Waals surface area contributed by atoms with Gasteiger partial charge in [-0.05, 0) is 29.8 Å². The minimum Gasteiger partial charge on any atom is -0.432 e. The Morgan fingerprint density at radius 3 is 2.44 bits per heavy atom. The third kappa shape index (κ3) is 2.83. The van der Waals surface area contributed by atoms with E-state index in [-0.39, 0.29) is 5.88 Å². The van der Waals surface area contributed by atoms with Crippen LogP contribution in [-0.2, 0) is 0 Å². The normalized spacial score (nSPS) is 11.0. The zero-order valence-corrected chi connectivity index (χ0v) is 13.4. The Morgan fingerprint density at radius 1 is 0.920 bits per heavy atom. The molecule has 0 spiro atoms. The van der Waals surface area contributed by atoms with Gasteiger partial charge in [0.25, 0.3) is 0 Å². The molecule has 3 nitrogen and oxygen atoms in total. The van der Waals surface area contributed by atoms with E-state index < -0.39 is 23.2 Å². The summed E-state index contributed by atoms with van der Waals surface area (Å²) in [5, 5.41) is 2.25. The number of fused-ring (bicyclic) bond motifs is 1. The fourth-order valence-electron chi connectivity index (χ4n) is 2.47. The summed E-state index contributed by atoms with van der Waals surface area (Å²) >= 11 is 1.31. The molecule has 0 N–H and O–H groups in total. The first kappa shape index (κ1) is 15.6. The summed E-state index contributed by atoms with van der Waals surface area (Å²) in [5.74, 6) is -2.60. The first-order valence-corrected chi connectivity index (χ1v) is 8.11. The molecule has 0 saturated carbocycles. The largest absolute Gasteiger partial charge is 0.432 e. The van der Waals surface area contributed by atoms with Gasteiger partial charge in [-0.2, -0.15) is 0 Å². The smallest absolute Gasteiger partial charge is 0.232 e. The van der Waals surface area contributed by atoms with Crippen molar-refractivity contribution < 1.29 is 17.9 Å². The van der Waals surface area contributed by atoms with Crippen LogP contribution in [0.1, 0.15) is 0 Å². The minimum absolute atomic E-state index is 0.00881. The SMILES string of the molecule is Fc1cccc(-c2csc3ncnc(Oc4c(F)cccc4F)c23)c1. The van der Waals surface area contributed by atoms with Crippen molar-refractivity contribution in [3.63, 3.8) is 0 Å². The fraction of sp³-hybridized carbons (Fsp3) is 0. The van der Waals surface area contributed by atoms with Gasteiger partial charge in [0.1, 0.15) is 17.0 Å². The summed E-state index contributed by atoms with van der Waals surface area (Å²) in [4.78, 5) is 8.72. The maximum Gasteiger partial charge on any atom is 0.232 e. The standard InChI is InChI=1S/C18H9F3N2OS/c19-11-4-1-3-10(7-11)12-8-25-18-15(12)17(22-9-23-18)24-16-13(20)5-2-6-14(16)21/h1-9H. The predicted octanol–water partition coefficient (Wildman–Crippen LogP) is 5.57. The molecule has 0 atom stereocenters. The third-order valence-electron chi connectivity index (χ3n) is 3.59. The first-order valence-electron chi connectivity index (χ1n) is 7.23. The van der Waals surface area contributed by atoms with Crippen molar-refractivity contribution in [3.05, 3.63) is 71.6 Å². The van der Waals surface area contributed by atoms with Gasteiger partial charge < -0.3 is 4.74 Å². The molecule has 2 aromatic carbocycles. The second kappa shape index (κ2) is 6.18. The summed E-state index contributed by atoms with van der Waals surface area (Å²) in [7, 11) is 0. The van der Waals surface area contributed by atoms with E-state index in [0.29, 0.717) is 21.3 Å². The van der Waals surface area contributed by atoms with Gasteiger partial charge >= 0.3 is 0 Å². The van der Waals surface area contributed by atoms with Crippen LogP contribution in [0.4, 0.5) is 13.2 Å². The average molecular weight is 358 g/mol. The van der Waals surface area contributed by atoms with Crippen LogP contribution in [0.2, 0.25) is 0 Å². The van der Waals surface area contributed by atoms with Crippen molar-refractivity contribution in [1.29, 1.82) is 0 Å². The Labute approximate surface area is 144 Å². The second-order valence-electron chi connectivity index (χ2n) is 5.17. The third-order valence-corrected chi connectivity index (χ3v) is 4.48. The fourth-order valence-corrected chi connectivity index (χ4v) is 3.38. The van der Waals surface area contributed by atoms with Crippen LogP contribution in [0.25, 0.3) is 21.3 Å². The summed E-state index contributed by atoms with van der Waals surface area (Å²) in [6.45, 7) is 0. The van der Waals surface area contributed by atoms with Crippen LogP contribution in [0.3, 0.4) is 0 Å². The highest BCUT2D eigenvalue weighted by Gasteiger charge is 2.18. The molecule has 2 heterocycles. The Balaban J connectivity index is 1.89. The first-order chi connectivity index (χ1) is 12.1. The molecular formula is C18H9F3N2OS. The lowest BCUT2D eigenvalue weighted by molar-refractivity contribution is 0.399. The summed E-state index contributed by atoms with van der Waals surface area (Å²) < 4.78 is 46.7. The molecular weight excluding hydrogens is 349 g/mol. The minimum atomic E-state index is -0.839.